The number of aromatic amines is 1. The summed E-state index contributed by atoms with van der Waals surface area (Å²) in [5.74, 6) is -0.931. The number of halogens is 1. The first-order chi connectivity index (χ1) is 19.1. The van der Waals surface area contributed by atoms with Gasteiger partial charge in [-0.05, 0) is 60.4 Å². The monoisotopic (exact) mass is 546 g/mol. The minimum atomic E-state index is -0.788. The summed E-state index contributed by atoms with van der Waals surface area (Å²) in [5.41, 5.74) is 2.88. The van der Waals surface area contributed by atoms with Gasteiger partial charge in [-0.2, -0.15) is 4.98 Å². The number of nitrogens with one attached hydrogen (secondary N) is 1. The van der Waals surface area contributed by atoms with Crippen LogP contribution in [-0.4, -0.2) is 52.1 Å². The van der Waals surface area contributed by atoms with Crippen molar-refractivity contribution in [3.63, 3.8) is 0 Å². The summed E-state index contributed by atoms with van der Waals surface area (Å²) in [6.07, 6.45) is 2.23. The Morgan fingerprint density at radius 2 is 1.95 bits per heavy atom. The van der Waals surface area contributed by atoms with E-state index in [1.807, 2.05) is 42.0 Å². The molecule has 3 N–H and O–H groups in total. The van der Waals surface area contributed by atoms with E-state index in [0.717, 1.165) is 28.2 Å². The van der Waals surface area contributed by atoms with Gasteiger partial charge in [-0.15, -0.1) is 5.10 Å². The Balaban J connectivity index is 1.35. The summed E-state index contributed by atoms with van der Waals surface area (Å²) >= 11 is 0. The molecule has 5 aromatic rings. The summed E-state index contributed by atoms with van der Waals surface area (Å²) in [4.78, 5) is 28.9. The number of aromatic nitrogens is 6. The van der Waals surface area contributed by atoms with E-state index in [-0.39, 0.29) is 30.0 Å². The number of nitrogens with zero attached hydrogens (tertiary/aromatic N) is 5. The average molecular weight is 547 g/mol. The smallest absolute Gasteiger partial charge is 0.345 e. The molecule has 2 aromatic carbocycles. The number of hydrogen-bond acceptors (Lipinski definition) is 8. The highest BCUT2D eigenvalue weighted by molar-refractivity contribution is 5.83. The molecule has 0 amide bonds. The number of phenols is 1. The molecular weight excluding hydrogens is 519 g/mol. The van der Waals surface area contributed by atoms with Crippen molar-refractivity contribution >= 4 is 16.9 Å². The van der Waals surface area contributed by atoms with Crippen LogP contribution < -0.4 is 5.69 Å². The van der Waals surface area contributed by atoms with Crippen LogP contribution in [0.15, 0.2) is 53.6 Å². The fourth-order valence-electron chi connectivity index (χ4n) is 4.71. The molecule has 206 valence electrons. The number of aryl methyl sites for hydroxylation is 1. The van der Waals surface area contributed by atoms with Crippen molar-refractivity contribution in [2.45, 2.75) is 39.7 Å². The topological polar surface area (TPSA) is 148 Å². The predicted molar refractivity (Wildman–Crippen MR) is 144 cm³/mol. The van der Waals surface area contributed by atoms with E-state index >= 15 is 0 Å². The molecule has 0 aliphatic heterocycles. The maximum Gasteiger partial charge on any atom is 0.345 e. The van der Waals surface area contributed by atoms with E-state index in [1.54, 1.807) is 12.1 Å². The van der Waals surface area contributed by atoms with E-state index in [2.05, 4.69) is 34.0 Å². The van der Waals surface area contributed by atoms with Gasteiger partial charge in [-0.3, -0.25) is 4.79 Å². The zero-order valence-electron chi connectivity index (χ0n) is 22.1. The summed E-state index contributed by atoms with van der Waals surface area (Å²) in [6.45, 7) is 6.42. The van der Waals surface area contributed by atoms with Crippen LogP contribution in [-0.2, 0) is 22.5 Å². The fraction of sp³-hybridized carbons (Fsp3) is 0.250. The van der Waals surface area contributed by atoms with Crippen LogP contribution in [0.25, 0.3) is 28.0 Å². The number of hydrogen-bond donors (Lipinski definition) is 3. The Morgan fingerprint density at radius 1 is 1.15 bits per heavy atom. The molecule has 0 aliphatic rings. The lowest BCUT2D eigenvalue weighted by Crippen LogP contribution is -2.19. The second-order valence-corrected chi connectivity index (χ2v) is 9.69. The predicted octanol–water partition coefficient (Wildman–Crippen LogP) is 3.74. The van der Waals surface area contributed by atoms with Crippen LogP contribution in [0.4, 0.5) is 4.39 Å². The van der Waals surface area contributed by atoms with Crippen molar-refractivity contribution in [3.8, 4) is 28.8 Å². The molecule has 0 atom stereocenters. The van der Waals surface area contributed by atoms with Gasteiger partial charge >= 0.3 is 17.7 Å². The lowest BCUT2D eigenvalue weighted by Gasteiger charge is -2.15. The molecule has 0 spiro atoms. The van der Waals surface area contributed by atoms with Crippen LogP contribution in [0, 0.1) is 12.7 Å². The van der Waals surface area contributed by atoms with E-state index in [1.165, 1.54) is 4.57 Å². The molecule has 0 aliphatic carbocycles. The number of carbonyl (C=O) groups excluding carboxylic acids is 1. The Hall–Kier alpha value is -5.00. The minimum absolute atomic E-state index is 0.0242. The number of rotatable bonds is 8. The number of carbonyl (C=O) groups is 1. The maximum absolute atomic E-state index is 13.7. The number of fused-ring (bicyclic) bond motifs is 1. The van der Waals surface area contributed by atoms with Gasteiger partial charge in [0.15, 0.2) is 11.6 Å². The molecular formula is C28H27FN6O5. The first kappa shape index (κ1) is 26.6. The lowest BCUT2D eigenvalue weighted by atomic mass is 9.95. The molecule has 0 bridgehead atoms. The summed E-state index contributed by atoms with van der Waals surface area (Å²) < 4.78 is 22.3. The van der Waals surface area contributed by atoms with Gasteiger partial charge in [-0.1, -0.05) is 18.9 Å². The van der Waals surface area contributed by atoms with Crippen molar-refractivity contribution in [2.75, 3.05) is 6.61 Å². The number of phenolic OH excluding ortho intramolecular Hbond substituents is 1. The summed E-state index contributed by atoms with van der Waals surface area (Å²) in [5, 5.41) is 30.1. The van der Waals surface area contributed by atoms with Crippen LogP contribution >= 0.6 is 0 Å². The number of esters is 1. The number of benzene rings is 2. The third-order valence-corrected chi connectivity index (χ3v) is 6.65. The van der Waals surface area contributed by atoms with Gasteiger partial charge in [0.2, 0.25) is 0 Å². The second-order valence-electron chi connectivity index (χ2n) is 9.69. The first-order valence-corrected chi connectivity index (χ1v) is 12.6. The van der Waals surface area contributed by atoms with Crippen molar-refractivity contribution < 1.29 is 24.1 Å². The number of H-pyrrole nitrogens is 1. The third-order valence-electron chi connectivity index (χ3n) is 6.65. The second kappa shape index (κ2) is 10.6. The summed E-state index contributed by atoms with van der Waals surface area (Å²) in [6, 6.07) is 10.6. The Labute approximate surface area is 227 Å². The summed E-state index contributed by atoms with van der Waals surface area (Å²) in [7, 11) is 0. The quantitative estimate of drug-likeness (QED) is 0.249. The molecule has 12 heteroatoms. The molecule has 0 radical (unpaired) electrons. The molecule has 3 aromatic heterocycles. The van der Waals surface area contributed by atoms with Gasteiger partial charge in [0.1, 0.15) is 12.4 Å². The van der Waals surface area contributed by atoms with Gasteiger partial charge < -0.3 is 24.5 Å². The molecule has 5 rings (SSSR count). The van der Waals surface area contributed by atoms with Crippen LogP contribution in [0.1, 0.15) is 36.6 Å². The van der Waals surface area contributed by atoms with Crippen molar-refractivity contribution in [1.29, 1.82) is 0 Å². The molecule has 0 saturated carbocycles. The van der Waals surface area contributed by atoms with E-state index < -0.39 is 23.9 Å². The normalized spacial score (nSPS) is 11.4. The van der Waals surface area contributed by atoms with Gasteiger partial charge in [-0.25, -0.2) is 13.8 Å². The third kappa shape index (κ3) is 5.15. The van der Waals surface area contributed by atoms with Crippen molar-refractivity contribution in [1.82, 2.24) is 29.3 Å². The standard InChI is InChI=1S/C28H27FN6O5/c1-15(2)19-12-20(24(36)10-16(19)3)26-32-33-28(39)35(26)18-4-5-23-17(11-18)6-7-34(23)8-9-40-25(37)13-22-21(29)14-30-27(38)31-22/h4-7,10-12,14-15,36H,8-9,13H2,1-3H3,(H,33,39)(H,30,31,38). The minimum Gasteiger partial charge on any atom is -0.507 e. The zero-order valence-corrected chi connectivity index (χ0v) is 22.1. The molecule has 40 heavy (non-hydrogen) atoms. The van der Waals surface area contributed by atoms with E-state index in [4.69, 9.17) is 4.74 Å². The van der Waals surface area contributed by atoms with E-state index in [0.29, 0.717) is 23.6 Å². The van der Waals surface area contributed by atoms with Gasteiger partial charge in [0, 0.05) is 23.3 Å². The first-order valence-electron chi connectivity index (χ1n) is 12.6. The average Bonchev–Trinajstić information content (AvgIpc) is 3.48. The highest BCUT2D eigenvalue weighted by Gasteiger charge is 2.20. The molecule has 3 heterocycles. The Morgan fingerprint density at radius 3 is 2.73 bits per heavy atom. The Kier molecular flexibility index (Phi) is 7.07. The highest BCUT2D eigenvalue weighted by Crippen LogP contribution is 2.36. The molecule has 0 saturated heterocycles. The molecule has 11 nitrogen and oxygen atoms in total. The van der Waals surface area contributed by atoms with Crippen LogP contribution in [0.3, 0.4) is 0 Å². The SMILES string of the molecule is Cc1cc(O)c(-c2nnc(O)n2-c2ccc3c(ccn3CCOC(=O)Cc3nc(=O)[nH]cc3F)c2)cc1C(C)C. The van der Waals surface area contributed by atoms with Crippen molar-refractivity contribution in [3.05, 3.63) is 81.9 Å². The Bertz CT molecular complexity index is 1790. The molecule has 0 unspecified atom stereocenters. The molecule has 0 fully saturated rings. The van der Waals surface area contributed by atoms with Crippen LogP contribution in [0.5, 0.6) is 11.8 Å². The van der Waals surface area contributed by atoms with Crippen molar-refractivity contribution in [2.24, 2.45) is 0 Å². The number of ether oxygens (including phenoxy) is 1. The van der Waals surface area contributed by atoms with Gasteiger partial charge in [0.25, 0.3) is 0 Å². The maximum atomic E-state index is 13.7. The lowest BCUT2D eigenvalue weighted by molar-refractivity contribution is -0.143. The fourth-order valence-corrected chi connectivity index (χ4v) is 4.71. The largest absolute Gasteiger partial charge is 0.507 e. The van der Waals surface area contributed by atoms with Crippen LogP contribution in [0.2, 0.25) is 0 Å². The van der Waals surface area contributed by atoms with Gasteiger partial charge in [0.05, 0.1) is 29.9 Å². The number of aromatic hydroxyl groups is 2. The zero-order chi connectivity index (χ0) is 28.6. The van der Waals surface area contributed by atoms with E-state index in [9.17, 15) is 24.2 Å². The highest BCUT2D eigenvalue weighted by atomic mass is 19.1.